The van der Waals surface area contributed by atoms with E-state index in [1.54, 1.807) is 0 Å². The van der Waals surface area contributed by atoms with Crippen LogP contribution in [0.2, 0.25) is 0 Å². The van der Waals surface area contributed by atoms with Gasteiger partial charge in [0.05, 0.1) is 5.22 Å². The highest BCUT2D eigenvalue weighted by molar-refractivity contribution is 6.14. The third kappa shape index (κ3) is 2.18. The van der Waals surface area contributed by atoms with Crippen LogP contribution in [0, 0.1) is 0 Å². The number of ether oxygens (including phenoxy) is 1. The highest BCUT2D eigenvalue weighted by Gasteiger charge is 2.29. The van der Waals surface area contributed by atoms with Gasteiger partial charge in [-0.1, -0.05) is 24.3 Å². The van der Waals surface area contributed by atoms with Crippen LogP contribution >= 0.6 is 0 Å². The molecule has 0 aromatic heterocycles. The zero-order chi connectivity index (χ0) is 10.7. The van der Waals surface area contributed by atoms with Crippen LogP contribution in [0.5, 0.6) is 0 Å². The zero-order valence-electron chi connectivity index (χ0n) is 9.03. The number of carbonyl (C=O) groups is 1. The van der Waals surface area contributed by atoms with Crippen molar-refractivity contribution in [1.29, 1.82) is 0 Å². The summed E-state index contributed by atoms with van der Waals surface area (Å²) in [7, 11) is 1.01. The SMILES string of the molecule is O=Cc1ccc(C2([SiH3])CCCCO2)cc1. The van der Waals surface area contributed by atoms with Crippen LogP contribution < -0.4 is 0 Å². The van der Waals surface area contributed by atoms with Crippen molar-refractivity contribution in [3.8, 4) is 0 Å². The number of benzene rings is 1. The van der Waals surface area contributed by atoms with E-state index in [1.165, 1.54) is 18.4 Å². The lowest BCUT2D eigenvalue weighted by Crippen LogP contribution is -2.33. The van der Waals surface area contributed by atoms with Gasteiger partial charge in [-0.2, -0.15) is 0 Å². The van der Waals surface area contributed by atoms with Gasteiger partial charge in [-0.3, -0.25) is 4.79 Å². The van der Waals surface area contributed by atoms with Gasteiger partial charge >= 0.3 is 0 Å². The monoisotopic (exact) mass is 220 g/mol. The maximum absolute atomic E-state index is 10.6. The first-order valence-electron chi connectivity index (χ1n) is 5.44. The predicted octanol–water partition coefficient (Wildman–Crippen LogP) is 1.22. The number of aldehydes is 1. The first kappa shape index (κ1) is 10.6. The Kier molecular flexibility index (Phi) is 3.02. The molecule has 0 bridgehead atoms. The molecule has 2 rings (SSSR count). The van der Waals surface area contributed by atoms with Crippen molar-refractivity contribution in [3.63, 3.8) is 0 Å². The number of hydrogen-bond donors (Lipinski definition) is 0. The first-order valence-corrected chi connectivity index (χ1v) is 6.44. The number of rotatable bonds is 2. The molecule has 1 aliphatic heterocycles. The van der Waals surface area contributed by atoms with Crippen LogP contribution in [0.4, 0.5) is 0 Å². The average Bonchev–Trinajstić information content (AvgIpc) is 2.30. The van der Waals surface area contributed by atoms with Crippen LogP contribution in [0.3, 0.4) is 0 Å². The van der Waals surface area contributed by atoms with E-state index in [2.05, 4.69) is 0 Å². The van der Waals surface area contributed by atoms with Gasteiger partial charge < -0.3 is 4.74 Å². The van der Waals surface area contributed by atoms with Gasteiger partial charge in [0.1, 0.15) is 6.29 Å². The van der Waals surface area contributed by atoms with Crippen LogP contribution in [0.1, 0.15) is 35.2 Å². The largest absolute Gasteiger partial charge is 0.375 e. The molecule has 1 atom stereocenters. The van der Waals surface area contributed by atoms with E-state index in [1.807, 2.05) is 24.3 Å². The Labute approximate surface area is 93.1 Å². The molecule has 3 heteroatoms. The smallest absolute Gasteiger partial charge is 0.150 e. The molecule has 1 aromatic rings. The van der Waals surface area contributed by atoms with Crippen molar-refractivity contribution in [1.82, 2.24) is 0 Å². The van der Waals surface area contributed by atoms with E-state index in [4.69, 9.17) is 4.74 Å². The second kappa shape index (κ2) is 4.29. The van der Waals surface area contributed by atoms with Crippen molar-refractivity contribution >= 4 is 16.5 Å². The summed E-state index contributed by atoms with van der Waals surface area (Å²) < 4.78 is 5.90. The van der Waals surface area contributed by atoms with Crippen LogP contribution in [0.15, 0.2) is 24.3 Å². The lowest BCUT2D eigenvalue weighted by atomic mass is 9.99. The fourth-order valence-corrected chi connectivity index (χ4v) is 2.97. The van der Waals surface area contributed by atoms with Gasteiger partial charge in [0.2, 0.25) is 0 Å². The Hall–Kier alpha value is -0.933. The topological polar surface area (TPSA) is 26.3 Å². The molecule has 0 radical (unpaired) electrons. The van der Waals surface area contributed by atoms with E-state index in [0.29, 0.717) is 0 Å². The number of carbonyl (C=O) groups excluding carboxylic acids is 1. The molecule has 1 fully saturated rings. The number of hydrogen-bond acceptors (Lipinski definition) is 2. The van der Waals surface area contributed by atoms with Gasteiger partial charge in [-0.15, -0.1) is 0 Å². The highest BCUT2D eigenvalue weighted by Crippen LogP contribution is 2.31. The van der Waals surface area contributed by atoms with E-state index in [9.17, 15) is 4.79 Å². The zero-order valence-corrected chi connectivity index (χ0v) is 11.0. The van der Waals surface area contributed by atoms with Crippen LogP contribution in [-0.2, 0) is 9.96 Å². The summed E-state index contributed by atoms with van der Waals surface area (Å²) in [5.41, 5.74) is 1.97. The minimum atomic E-state index is -0.0142. The molecule has 15 heavy (non-hydrogen) atoms. The molecule has 80 valence electrons. The highest BCUT2D eigenvalue weighted by atomic mass is 28.1. The maximum atomic E-state index is 10.6. The van der Waals surface area contributed by atoms with Crippen molar-refractivity contribution < 1.29 is 9.53 Å². The molecule has 0 aliphatic carbocycles. The van der Waals surface area contributed by atoms with E-state index in [0.717, 1.165) is 35.1 Å². The molecule has 0 N–H and O–H groups in total. The van der Waals surface area contributed by atoms with Gasteiger partial charge in [-0.25, -0.2) is 0 Å². The van der Waals surface area contributed by atoms with Crippen LogP contribution in [-0.4, -0.2) is 23.1 Å². The lowest BCUT2D eigenvalue weighted by Gasteiger charge is -2.34. The Balaban J connectivity index is 2.23. The molecule has 0 amide bonds. The Bertz CT molecular complexity index is 339. The van der Waals surface area contributed by atoms with Gasteiger partial charge in [0.25, 0.3) is 0 Å². The minimum Gasteiger partial charge on any atom is -0.375 e. The third-order valence-corrected chi connectivity index (χ3v) is 4.49. The standard InChI is InChI=1S/C12H16O2Si/c13-9-10-3-5-11(6-4-10)12(15)7-1-2-8-14-12/h3-6,9H,1-2,7-8H2,15H3. The minimum absolute atomic E-state index is 0.0142. The van der Waals surface area contributed by atoms with E-state index < -0.39 is 0 Å². The van der Waals surface area contributed by atoms with Crippen molar-refractivity contribution in [2.45, 2.75) is 24.5 Å². The van der Waals surface area contributed by atoms with Crippen LogP contribution in [0.25, 0.3) is 0 Å². The van der Waals surface area contributed by atoms with Gasteiger partial charge in [-0.05, 0) is 24.8 Å². The lowest BCUT2D eigenvalue weighted by molar-refractivity contribution is -0.0210. The fourth-order valence-electron chi connectivity index (χ4n) is 2.08. The molecule has 1 heterocycles. The quantitative estimate of drug-likeness (QED) is 0.553. The van der Waals surface area contributed by atoms with Gasteiger partial charge in [0, 0.05) is 22.4 Å². The summed E-state index contributed by atoms with van der Waals surface area (Å²) in [6, 6.07) is 7.81. The maximum Gasteiger partial charge on any atom is 0.150 e. The summed E-state index contributed by atoms with van der Waals surface area (Å²) in [5, 5.41) is -0.0142. The molecule has 1 saturated heterocycles. The molecule has 2 nitrogen and oxygen atoms in total. The van der Waals surface area contributed by atoms with Crippen molar-refractivity contribution in [2.24, 2.45) is 0 Å². The van der Waals surface area contributed by atoms with Gasteiger partial charge in [0.15, 0.2) is 0 Å². The molecular formula is C12H16O2Si. The predicted molar refractivity (Wildman–Crippen MR) is 63.2 cm³/mol. The summed E-state index contributed by atoms with van der Waals surface area (Å²) >= 11 is 0. The van der Waals surface area contributed by atoms with E-state index >= 15 is 0 Å². The Morgan fingerprint density at radius 1 is 1.27 bits per heavy atom. The Morgan fingerprint density at radius 2 is 2.00 bits per heavy atom. The molecule has 1 aromatic carbocycles. The molecule has 0 spiro atoms. The van der Waals surface area contributed by atoms with E-state index in [-0.39, 0.29) is 5.22 Å². The molecule has 0 saturated carbocycles. The third-order valence-electron chi connectivity index (χ3n) is 3.13. The second-order valence-electron chi connectivity index (χ2n) is 4.28. The Morgan fingerprint density at radius 3 is 2.53 bits per heavy atom. The van der Waals surface area contributed by atoms with Crippen molar-refractivity contribution in [3.05, 3.63) is 35.4 Å². The first-order chi connectivity index (χ1) is 7.24. The van der Waals surface area contributed by atoms with Crippen molar-refractivity contribution in [2.75, 3.05) is 6.61 Å². The summed E-state index contributed by atoms with van der Waals surface area (Å²) in [6.45, 7) is 0.874. The normalized spacial score (nSPS) is 26.4. The fraction of sp³-hybridized carbons (Fsp3) is 0.417. The summed E-state index contributed by atoms with van der Waals surface area (Å²) in [5.74, 6) is 0. The molecular weight excluding hydrogens is 204 g/mol. The second-order valence-corrected chi connectivity index (χ2v) is 5.89. The molecule has 1 unspecified atom stereocenters. The summed E-state index contributed by atoms with van der Waals surface area (Å²) in [6.07, 6.45) is 4.43. The molecule has 1 aliphatic rings. The average molecular weight is 220 g/mol. The summed E-state index contributed by atoms with van der Waals surface area (Å²) in [4.78, 5) is 10.6.